The molecule has 1 saturated heterocycles. The van der Waals surface area contributed by atoms with E-state index in [4.69, 9.17) is 0 Å². The summed E-state index contributed by atoms with van der Waals surface area (Å²) in [6, 6.07) is 6.79. The van der Waals surface area contributed by atoms with Crippen LogP contribution in [-0.2, 0) is 0 Å². The van der Waals surface area contributed by atoms with Gasteiger partial charge in [-0.05, 0) is 31.1 Å². The summed E-state index contributed by atoms with van der Waals surface area (Å²) in [4.78, 5) is 12.7. The van der Waals surface area contributed by atoms with Gasteiger partial charge in [0.25, 0.3) is 5.69 Å². The van der Waals surface area contributed by atoms with Gasteiger partial charge >= 0.3 is 0 Å². The normalized spacial score (nSPS) is 15.7. The molecule has 1 fully saturated rings. The Balaban J connectivity index is 1.87. The van der Waals surface area contributed by atoms with Crippen molar-refractivity contribution in [1.29, 1.82) is 0 Å². The summed E-state index contributed by atoms with van der Waals surface area (Å²) in [7, 11) is 0. The third kappa shape index (κ3) is 5.43. The van der Waals surface area contributed by atoms with E-state index in [2.05, 4.69) is 24.1 Å². The van der Waals surface area contributed by atoms with Crippen molar-refractivity contribution in [1.82, 2.24) is 0 Å². The molecule has 2 rings (SSSR count). The topological polar surface area (TPSA) is 46.4 Å². The lowest BCUT2D eigenvalue weighted by Crippen LogP contribution is -2.46. The number of nitro benzene ring substituents is 1. The van der Waals surface area contributed by atoms with Crippen molar-refractivity contribution in [3.63, 3.8) is 0 Å². The van der Waals surface area contributed by atoms with Crippen LogP contribution in [-0.4, -0.2) is 48.7 Å². The van der Waals surface area contributed by atoms with Crippen molar-refractivity contribution in [2.24, 2.45) is 0 Å². The Hall–Kier alpha value is -2.14. The molecule has 0 amide bonds. The fraction of sp³-hybridized carbons (Fsp3) is 0.500. The van der Waals surface area contributed by atoms with E-state index in [1.54, 1.807) is 12.1 Å². The number of quaternary nitrogens is 1. The van der Waals surface area contributed by atoms with E-state index >= 15 is 0 Å². The average molecular weight is 344 g/mol. The first-order valence-corrected chi connectivity index (χ1v) is 9.16. The Labute approximate surface area is 151 Å². The van der Waals surface area contributed by atoms with Gasteiger partial charge in [0.05, 0.1) is 31.1 Å². The van der Waals surface area contributed by atoms with Crippen molar-refractivity contribution in [2.75, 3.05) is 44.2 Å². The van der Waals surface area contributed by atoms with E-state index in [0.29, 0.717) is 0 Å². The lowest BCUT2D eigenvalue weighted by Gasteiger charge is -2.33. The summed E-state index contributed by atoms with van der Waals surface area (Å²) in [5, 5.41) is 10.8. The van der Waals surface area contributed by atoms with Gasteiger partial charge in [-0.15, -0.1) is 6.58 Å². The first-order valence-electron chi connectivity index (χ1n) is 9.16. The van der Waals surface area contributed by atoms with E-state index in [1.165, 1.54) is 43.4 Å². The molecule has 0 saturated carbocycles. The molecule has 5 nitrogen and oxygen atoms in total. The molecule has 0 aliphatic carbocycles. The van der Waals surface area contributed by atoms with Crippen LogP contribution in [0.25, 0.3) is 0 Å². The van der Waals surface area contributed by atoms with Gasteiger partial charge in [0.15, 0.2) is 0 Å². The number of nitrogens with zero attached hydrogens (tertiary/aromatic N) is 3. The fourth-order valence-corrected chi connectivity index (χ4v) is 3.79. The van der Waals surface area contributed by atoms with Crippen LogP contribution in [0.2, 0.25) is 0 Å². The van der Waals surface area contributed by atoms with Gasteiger partial charge in [-0.1, -0.05) is 12.7 Å². The standard InChI is InChI=1S/C20H30N3O2/c1-3-13-21(19-9-11-20(12-10-19)22(24)25)14-5-6-16-23(15-4-2)17-7-8-18-23/h3-4,9-12H,1-2,5-8,13-18H2/q+1. The van der Waals surface area contributed by atoms with Crippen LogP contribution in [0.4, 0.5) is 11.4 Å². The quantitative estimate of drug-likeness (QED) is 0.199. The second kappa shape index (κ2) is 9.37. The minimum Gasteiger partial charge on any atom is -0.368 e. The maximum Gasteiger partial charge on any atom is 0.269 e. The van der Waals surface area contributed by atoms with Crippen LogP contribution in [0.5, 0.6) is 0 Å². The van der Waals surface area contributed by atoms with Gasteiger partial charge in [0, 0.05) is 43.8 Å². The minimum atomic E-state index is -0.361. The van der Waals surface area contributed by atoms with Crippen molar-refractivity contribution >= 4 is 11.4 Å². The SMILES string of the molecule is C=CCN(CCCC[N+]1(CC=C)CCCC1)c1ccc([N+](=O)[O-])cc1. The molecule has 1 aliphatic heterocycles. The molecule has 5 heteroatoms. The number of rotatable bonds is 11. The molecule has 1 heterocycles. The van der Waals surface area contributed by atoms with Gasteiger partial charge in [-0.2, -0.15) is 0 Å². The molecule has 0 aromatic heterocycles. The molecule has 25 heavy (non-hydrogen) atoms. The highest BCUT2D eigenvalue weighted by molar-refractivity contribution is 5.51. The highest BCUT2D eigenvalue weighted by Gasteiger charge is 2.29. The highest BCUT2D eigenvalue weighted by Crippen LogP contribution is 2.22. The van der Waals surface area contributed by atoms with E-state index in [9.17, 15) is 10.1 Å². The molecule has 0 bridgehead atoms. The van der Waals surface area contributed by atoms with E-state index in [0.717, 1.165) is 31.7 Å². The monoisotopic (exact) mass is 344 g/mol. The number of likely N-dealkylation sites (tertiary alicyclic amines) is 1. The third-order valence-electron chi connectivity index (χ3n) is 5.12. The number of non-ortho nitro benzene ring substituents is 1. The molecule has 0 radical (unpaired) electrons. The summed E-state index contributed by atoms with van der Waals surface area (Å²) in [5.41, 5.74) is 1.15. The summed E-state index contributed by atoms with van der Waals surface area (Å²) >= 11 is 0. The molecule has 136 valence electrons. The third-order valence-corrected chi connectivity index (χ3v) is 5.12. The summed E-state index contributed by atoms with van der Waals surface area (Å²) < 4.78 is 1.20. The smallest absolute Gasteiger partial charge is 0.269 e. The van der Waals surface area contributed by atoms with Gasteiger partial charge < -0.3 is 9.38 Å². The average Bonchev–Trinajstić information content (AvgIpc) is 3.07. The van der Waals surface area contributed by atoms with Crippen LogP contribution in [0.1, 0.15) is 25.7 Å². The zero-order valence-corrected chi connectivity index (χ0v) is 15.1. The molecule has 0 atom stereocenters. The van der Waals surface area contributed by atoms with E-state index in [-0.39, 0.29) is 10.6 Å². The molecule has 0 N–H and O–H groups in total. The predicted octanol–water partition coefficient (Wildman–Crippen LogP) is 4.16. The maximum absolute atomic E-state index is 10.8. The van der Waals surface area contributed by atoms with Crippen molar-refractivity contribution in [2.45, 2.75) is 25.7 Å². The Morgan fingerprint density at radius 3 is 2.36 bits per heavy atom. The van der Waals surface area contributed by atoms with E-state index in [1.807, 2.05) is 18.2 Å². The molecule has 1 aliphatic rings. The molecule has 1 aromatic carbocycles. The maximum atomic E-state index is 10.8. The van der Waals surface area contributed by atoms with Gasteiger partial charge in [0.1, 0.15) is 0 Å². The second-order valence-corrected chi connectivity index (χ2v) is 6.91. The van der Waals surface area contributed by atoms with E-state index < -0.39 is 0 Å². The zero-order valence-electron chi connectivity index (χ0n) is 15.1. The van der Waals surface area contributed by atoms with Crippen LogP contribution < -0.4 is 4.90 Å². The molecule has 1 aromatic rings. The summed E-state index contributed by atoms with van der Waals surface area (Å²) in [6.07, 6.45) is 8.91. The Bertz CT molecular complexity index is 577. The number of unbranched alkanes of at least 4 members (excludes halogenated alkanes) is 1. The number of anilines is 1. The Morgan fingerprint density at radius 2 is 1.80 bits per heavy atom. The number of hydrogen-bond acceptors (Lipinski definition) is 3. The van der Waals surface area contributed by atoms with Crippen molar-refractivity contribution in [3.05, 3.63) is 59.7 Å². The highest BCUT2D eigenvalue weighted by atomic mass is 16.6. The van der Waals surface area contributed by atoms with Crippen LogP contribution in [0.3, 0.4) is 0 Å². The fourth-order valence-electron chi connectivity index (χ4n) is 3.79. The van der Waals surface area contributed by atoms with Crippen LogP contribution in [0, 0.1) is 10.1 Å². The predicted molar refractivity (Wildman–Crippen MR) is 104 cm³/mol. The molecular formula is C20H30N3O2+. The number of hydrogen-bond donors (Lipinski definition) is 0. The largest absolute Gasteiger partial charge is 0.368 e. The Kier molecular flexibility index (Phi) is 7.19. The first kappa shape index (κ1) is 19.2. The number of nitro groups is 1. The summed E-state index contributed by atoms with van der Waals surface area (Å²) in [5.74, 6) is 0. The Morgan fingerprint density at radius 1 is 1.12 bits per heavy atom. The van der Waals surface area contributed by atoms with Crippen LogP contribution >= 0.6 is 0 Å². The summed E-state index contributed by atoms with van der Waals surface area (Å²) in [6.45, 7) is 14.3. The van der Waals surface area contributed by atoms with Gasteiger partial charge in [0.2, 0.25) is 0 Å². The van der Waals surface area contributed by atoms with Gasteiger partial charge in [-0.3, -0.25) is 10.1 Å². The van der Waals surface area contributed by atoms with Crippen molar-refractivity contribution < 1.29 is 9.41 Å². The van der Waals surface area contributed by atoms with Gasteiger partial charge in [-0.25, -0.2) is 0 Å². The van der Waals surface area contributed by atoms with Crippen LogP contribution in [0.15, 0.2) is 49.6 Å². The lowest BCUT2D eigenvalue weighted by atomic mass is 10.2. The lowest BCUT2D eigenvalue weighted by molar-refractivity contribution is -0.911. The molecular weight excluding hydrogens is 314 g/mol. The second-order valence-electron chi connectivity index (χ2n) is 6.91. The van der Waals surface area contributed by atoms with Crippen molar-refractivity contribution in [3.8, 4) is 0 Å². The number of benzene rings is 1. The molecule has 0 spiro atoms. The minimum absolute atomic E-state index is 0.132. The molecule has 0 unspecified atom stereocenters. The first-order chi connectivity index (χ1) is 12.1. The zero-order chi connectivity index (χ0) is 18.1.